The van der Waals surface area contributed by atoms with E-state index >= 15 is 0 Å². The maximum absolute atomic E-state index is 12.4. The summed E-state index contributed by atoms with van der Waals surface area (Å²) in [5.41, 5.74) is 3.94. The second-order valence-corrected chi connectivity index (χ2v) is 7.68. The van der Waals surface area contributed by atoms with Gasteiger partial charge in [0.1, 0.15) is 11.4 Å². The van der Waals surface area contributed by atoms with Crippen molar-refractivity contribution in [1.82, 2.24) is 19.7 Å². The number of rotatable bonds is 5. The second-order valence-electron chi connectivity index (χ2n) is 6.71. The summed E-state index contributed by atoms with van der Waals surface area (Å²) in [6.45, 7) is 4.26. The lowest BCUT2D eigenvalue weighted by atomic mass is 10.1. The fraction of sp³-hybridized carbons (Fsp3) is 0.368. The van der Waals surface area contributed by atoms with Gasteiger partial charge in [0.05, 0.1) is 17.3 Å². The van der Waals surface area contributed by atoms with Gasteiger partial charge in [-0.25, -0.2) is 9.97 Å². The van der Waals surface area contributed by atoms with Crippen LogP contribution >= 0.6 is 11.8 Å². The van der Waals surface area contributed by atoms with Crippen molar-refractivity contribution in [3.05, 3.63) is 36.3 Å². The Kier molecular flexibility index (Phi) is 4.98. The molecule has 0 aliphatic carbocycles. The van der Waals surface area contributed by atoms with Crippen molar-refractivity contribution in [2.75, 3.05) is 29.1 Å². The summed E-state index contributed by atoms with van der Waals surface area (Å²) in [6.07, 6.45) is 5.74. The number of amides is 1. The number of benzene rings is 1. The highest BCUT2D eigenvalue weighted by molar-refractivity contribution is 8.00. The third-order valence-electron chi connectivity index (χ3n) is 4.79. The second kappa shape index (κ2) is 7.56. The van der Waals surface area contributed by atoms with Crippen LogP contribution < -0.4 is 10.2 Å². The molecule has 0 saturated carbocycles. The monoisotopic (exact) mass is 382 g/mol. The molecule has 7 nitrogen and oxygen atoms in total. The van der Waals surface area contributed by atoms with E-state index in [0.29, 0.717) is 0 Å². The first-order valence-corrected chi connectivity index (χ1v) is 10.0. The number of thioether (sulfide) groups is 1. The lowest BCUT2D eigenvalue weighted by Crippen LogP contribution is -2.18. The van der Waals surface area contributed by atoms with Crippen molar-refractivity contribution in [2.45, 2.75) is 24.8 Å². The molecule has 0 bridgehead atoms. The van der Waals surface area contributed by atoms with E-state index in [2.05, 4.69) is 37.4 Å². The van der Waals surface area contributed by atoms with Crippen LogP contribution in [0, 0.1) is 6.92 Å². The lowest BCUT2D eigenvalue weighted by Gasteiger charge is -2.19. The average molecular weight is 382 g/mol. The molecule has 3 aromatic rings. The summed E-state index contributed by atoms with van der Waals surface area (Å²) in [5.74, 6) is 0.238. The molecule has 0 spiro atoms. The van der Waals surface area contributed by atoms with Crippen molar-refractivity contribution >= 4 is 40.1 Å². The van der Waals surface area contributed by atoms with Gasteiger partial charge in [-0.3, -0.25) is 9.48 Å². The smallest absolute Gasteiger partial charge is 0.234 e. The molecule has 1 N–H and O–H groups in total. The van der Waals surface area contributed by atoms with Crippen LogP contribution in [0.4, 0.5) is 11.4 Å². The van der Waals surface area contributed by atoms with Crippen molar-refractivity contribution < 1.29 is 4.79 Å². The summed E-state index contributed by atoms with van der Waals surface area (Å²) < 4.78 is 1.70. The minimum Gasteiger partial charge on any atom is -0.372 e. The minimum absolute atomic E-state index is 0.0484. The predicted molar refractivity (Wildman–Crippen MR) is 108 cm³/mol. The number of carbonyl (C=O) groups is 1. The van der Waals surface area contributed by atoms with Gasteiger partial charge in [0.2, 0.25) is 5.91 Å². The summed E-state index contributed by atoms with van der Waals surface area (Å²) in [5, 5.41) is 8.84. The maximum atomic E-state index is 12.4. The number of carbonyl (C=O) groups excluding carboxylic acids is 1. The average Bonchev–Trinajstić information content (AvgIpc) is 3.32. The van der Waals surface area contributed by atoms with E-state index in [-0.39, 0.29) is 11.7 Å². The molecule has 0 unspecified atom stereocenters. The zero-order valence-corrected chi connectivity index (χ0v) is 16.3. The van der Waals surface area contributed by atoms with E-state index in [0.717, 1.165) is 40.4 Å². The molecule has 0 radical (unpaired) electrons. The van der Waals surface area contributed by atoms with Crippen LogP contribution in [0.15, 0.2) is 35.7 Å². The van der Waals surface area contributed by atoms with Crippen molar-refractivity contribution in [2.24, 2.45) is 7.05 Å². The molecule has 4 rings (SSSR count). The highest BCUT2D eigenvalue weighted by Crippen LogP contribution is 2.27. The molecule has 140 valence electrons. The van der Waals surface area contributed by atoms with E-state index in [4.69, 9.17) is 0 Å². The fourth-order valence-corrected chi connectivity index (χ4v) is 4.10. The highest BCUT2D eigenvalue weighted by atomic mass is 32.2. The number of aromatic nitrogens is 4. The standard InChI is InChI=1S/C19H22N6OS/c1-13-9-14(25-7-3-4-8-25)5-6-16(13)23-17(26)11-27-19-15-10-22-24(2)18(15)20-12-21-19/h5-6,9-10,12H,3-4,7-8,11H2,1-2H3,(H,23,26). The van der Waals surface area contributed by atoms with Gasteiger partial charge in [0, 0.05) is 31.5 Å². The summed E-state index contributed by atoms with van der Waals surface area (Å²) >= 11 is 1.40. The molecule has 8 heteroatoms. The Morgan fingerprint density at radius 3 is 2.85 bits per heavy atom. The normalized spacial score (nSPS) is 14.1. The van der Waals surface area contributed by atoms with E-state index in [1.807, 2.05) is 20.0 Å². The van der Waals surface area contributed by atoms with Crippen molar-refractivity contribution in [3.63, 3.8) is 0 Å². The number of nitrogens with one attached hydrogen (secondary N) is 1. The Balaban J connectivity index is 1.40. The Labute approximate surface area is 162 Å². The first-order valence-electron chi connectivity index (χ1n) is 9.03. The quantitative estimate of drug-likeness (QED) is 0.540. The molecular weight excluding hydrogens is 360 g/mol. The van der Waals surface area contributed by atoms with E-state index < -0.39 is 0 Å². The van der Waals surface area contributed by atoms with Crippen LogP contribution in [0.25, 0.3) is 11.0 Å². The maximum Gasteiger partial charge on any atom is 0.234 e. The molecular formula is C19H22N6OS. The number of fused-ring (bicyclic) bond motifs is 1. The van der Waals surface area contributed by atoms with Gasteiger partial charge in [-0.2, -0.15) is 5.10 Å². The summed E-state index contributed by atoms with van der Waals surface area (Å²) in [4.78, 5) is 23.3. The van der Waals surface area contributed by atoms with E-state index in [1.165, 1.54) is 36.6 Å². The molecule has 1 amide bonds. The molecule has 1 aliphatic rings. The Bertz CT molecular complexity index is 979. The van der Waals surface area contributed by atoms with Gasteiger partial charge in [0.15, 0.2) is 5.65 Å². The van der Waals surface area contributed by atoms with E-state index in [9.17, 15) is 4.79 Å². The van der Waals surface area contributed by atoms with Crippen LogP contribution in [0.2, 0.25) is 0 Å². The SMILES string of the molecule is Cc1cc(N2CCCC2)ccc1NC(=O)CSc1ncnc2c1cnn2C. The zero-order chi connectivity index (χ0) is 18.8. The number of nitrogens with zero attached hydrogens (tertiary/aromatic N) is 5. The summed E-state index contributed by atoms with van der Waals surface area (Å²) in [6, 6.07) is 6.23. The molecule has 1 fully saturated rings. The van der Waals surface area contributed by atoms with Gasteiger partial charge in [0.25, 0.3) is 0 Å². The molecule has 1 aliphatic heterocycles. The van der Waals surface area contributed by atoms with Crippen LogP contribution in [0.3, 0.4) is 0 Å². The molecule has 0 atom stereocenters. The Morgan fingerprint density at radius 2 is 2.07 bits per heavy atom. The first kappa shape index (κ1) is 17.8. The number of anilines is 2. The van der Waals surface area contributed by atoms with Crippen LogP contribution in [-0.4, -0.2) is 44.5 Å². The van der Waals surface area contributed by atoms with E-state index in [1.54, 1.807) is 10.9 Å². The summed E-state index contributed by atoms with van der Waals surface area (Å²) in [7, 11) is 1.84. The zero-order valence-electron chi connectivity index (χ0n) is 15.5. The molecule has 1 saturated heterocycles. The Hall–Kier alpha value is -2.61. The topological polar surface area (TPSA) is 75.9 Å². The van der Waals surface area contributed by atoms with Crippen molar-refractivity contribution in [3.8, 4) is 0 Å². The van der Waals surface area contributed by atoms with Crippen LogP contribution in [0.5, 0.6) is 0 Å². The van der Waals surface area contributed by atoms with Crippen LogP contribution in [-0.2, 0) is 11.8 Å². The predicted octanol–water partition coefficient (Wildman–Crippen LogP) is 3.00. The Morgan fingerprint density at radius 1 is 1.26 bits per heavy atom. The van der Waals surface area contributed by atoms with Gasteiger partial charge < -0.3 is 10.2 Å². The van der Waals surface area contributed by atoms with Crippen molar-refractivity contribution in [1.29, 1.82) is 0 Å². The van der Waals surface area contributed by atoms with Gasteiger partial charge in [-0.15, -0.1) is 0 Å². The van der Waals surface area contributed by atoms with Gasteiger partial charge in [-0.1, -0.05) is 11.8 Å². The van der Waals surface area contributed by atoms with Crippen LogP contribution in [0.1, 0.15) is 18.4 Å². The molecule has 3 heterocycles. The third-order valence-corrected chi connectivity index (χ3v) is 5.79. The number of hydrogen-bond acceptors (Lipinski definition) is 6. The molecule has 2 aromatic heterocycles. The molecule has 27 heavy (non-hydrogen) atoms. The number of aryl methyl sites for hydroxylation is 2. The molecule has 1 aromatic carbocycles. The fourth-order valence-electron chi connectivity index (χ4n) is 3.34. The minimum atomic E-state index is -0.0484. The lowest BCUT2D eigenvalue weighted by molar-refractivity contribution is -0.113. The number of hydrogen-bond donors (Lipinski definition) is 1. The first-order chi connectivity index (χ1) is 13.1. The van der Waals surface area contributed by atoms with Gasteiger partial charge in [-0.05, 0) is 43.5 Å². The highest BCUT2D eigenvalue weighted by Gasteiger charge is 2.14. The van der Waals surface area contributed by atoms with Gasteiger partial charge >= 0.3 is 0 Å². The largest absolute Gasteiger partial charge is 0.372 e. The third kappa shape index (κ3) is 3.75.